The van der Waals surface area contributed by atoms with Gasteiger partial charge < -0.3 is 5.73 Å². The maximum absolute atomic E-state index is 12.7. The number of benzene rings is 1. The van der Waals surface area contributed by atoms with E-state index in [0.29, 0.717) is 10.0 Å². The van der Waals surface area contributed by atoms with E-state index < -0.39 is 5.91 Å². The van der Waals surface area contributed by atoms with Crippen LogP contribution in [0.25, 0.3) is 0 Å². The molecular weight excluding hydrogens is 237 g/mol. The Morgan fingerprint density at radius 2 is 2.23 bits per heavy atom. The van der Waals surface area contributed by atoms with E-state index in [2.05, 4.69) is 27.8 Å². The molecule has 66 valence electrons. The molecule has 0 aliphatic rings. The molecule has 0 atom stereocenters. The van der Waals surface area contributed by atoms with Gasteiger partial charge in [-0.3, -0.25) is 4.79 Å². The van der Waals surface area contributed by atoms with Crippen LogP contribution in [0.5, 0.6) is 0 Å². The number of carbonyl (C=O) groups excluding carboxylic acids is 1. The minimum Gasteiger partial charge on any atom is -0.359 e. The zero-order valence-corrected chi connectivity index (χ0v) is 8.06. The van der Waals surface area contributed by atoms with E-state index >= 15 is 0 Å². The van der Waals surface area contributed by atoms with Crippen molar-refractivity contribution in [3.8, 4) is 11.8 Å². The zero-order chi connectivity index (χ0) is 9.84. The normalized spacial score (nSPS) is 8.77. The van der Waals surface area contributed by atoms with E-state index in [1.807, 2.05) is 0 Å². The molecule has 13 heavy (non-hydrogen) atoms. The Hall–Kier alpha value is -1.34. The van der Waals surface area contributed by atoms with Gasteiger partial charge in [0.2, 0.25) is 0 Å². The summed E-state index contributed by atoms with van der Waals surface area (Å²) in [5.74, 6) is 3.57. The highest BCUT2D eigenvalue weighted by Crippen LogP contribution is 2.15. The number of nitrogens with two attached hydrogens (primary N) is 1. The molecule has 2 N–H and O–H groups in total. The average Bonchev–Trinajstić information content (AvgIpc) is 2.07. The minimum absolute atomic E-state index is 0.309. The molecule has 2 nitrogen and oxygen atoms in total. The van der Waals surface area contributed by atoms with Crippen LogP contribution < -0.4 is 5.73 Å². The molecule has 0 aromatic heterocycles. The third-order valence-electron chi connectivity index (χ3n) is 1.25. The Labute approximate surface area is 83.1 Å². The number of hydrogen-bond acceptors (Lipinski definition) is 1. The molecule has 1 aromatic carbocycles. The molecule has 1 aromatic rings. The molecular formula is C9H5BrFNO. The predicted octanol–water partition coefficient (Wildman–Crippen LogP) is 1.43. The fourth-order valence-corrected chi connectivity index (χ4v) is 1.09. The van der Waals surface area contributed by atoms with Crippen LogP contribution in [-0.2, 0) is 4.79 Å². The van der Waals surface area contributed by atoms with Crippen LogP contribution in [0.3, 0.4) is 0 Å². The molecule has 0 spiro atoms. The smallest absolute Gasteiger partial charge is 0.293 e. The first-order valence-corrected chi connectivity index (χ1v) is 4.15. The van der Waals surface area contributed by atoms with Gasteiger partial charge >= 0.3 is 0 Å². The number of carbonyl (C=O) groups is 1. The SMILES string of the molecule is NC(=O)C#Cc1ccc(F)c(Br)c1. The van der Waals surface area contributed by atoms with Crippen molar-refractivity contribution in [1.82, 2.24) is 0 Å². The van der Waals surface area contributed by atoms with Crippen molar-refractivity contribution in [2.24, 2.45) is 5.73 Å². The summed E-state index contributed by atoms with van der Waals surface area (Å²) >= 11 is 2.99. The molecule has 4 heteroatoms. The number of amides is 1. The van der Waals surface area contributed by atoms with Crippen molar-refractivity contribution < 1.29 is 9.18 Å². The summed E-state index contributed by atoms with van der Waals surface area (Å²) in [5, 5.41) is 0. The van der Waals surface area contributed by atoms with E-state index in [1.165, 1.54) is 18.2 Å². The summed E-state index contributed by atoms with van der Waals surface area (Å²) in [7, 11) is 0. The topological polar surface area (TPSA) is 43.1 Å². The van der Waals surface area contributed by atoms with Crippen molar-refractivity contribution in [1.29, 1.82) is 0 Å². The summed E-state index contributed by atoms with van der Waals surface area (Å²) in [5.41, 5.74) is 5.34. The Balaban J connectivity index is 3.00. The van der Waals surface area contributed by atoms with E-state index in [0.717, 1.165) is 0 Å². The van der Waals surface area contributed by atoms with Gasteiger partial charge in [0.05, 0.1) is 4.47 Å². The van der Waals surface area contributed by atoms with Crippen molar-refractivity contribution in [3.63, 3.8) is 0 Å². The molecule has 0 aliphatic carbocycles. The van der Waals surface area contributed by atoms with Crippen molar-refractivity contribution >= 4 is 21.8 Å². The van der Waals surface area contributed by atoms with Crippen molar-refractivity contribution in [2.45, 2.75) is 0 Å². The van der Waals surface area contributed by atoms with E-state index in [1.54, 1.807) is 0 Å². The van der Waals surface area contributed by atoms with E-state index in [9.17, 15) is 9.18 Å². The van der Waals surface area contributed by atoms with Crippen LogP contribution in [-0.4, -0.2) is 5.91 Å². The second kappa shape index (κ2) is 4.06. The van der Waals surface area contributed by atoms with Gasteiger partial charge in [0, 0.05) is 5.56 Å². The van der Waals surface area contributed by atoms with Gasteiger partial charge in [0.15, 0.2) is 0 Å². The zero-order valence-electron chi connectivity index (χ0n) is 6.47. The van der Waals surface area contributed by atoms with Gasteiger partial charge in [0.1, 0.15) is 5.82 Å². The third-order valence-corrected chi connectivity index (χ3v) is 1.86. The highest BCUT2D eigenvalue weighted by Gasteiger charge is 1.97. The maximum Gasteiger partial charge on any atom is 0.293 e. The number of rotatable bonds is 0. The van der Waals surface area contributed by atoms with Gasteiger partial charge in [-0.2, -0.15) is 0 Å². The van der Waals surface area contributed by atoms with Crippen LogP contribution >= 0.6 is 15.9 Å². The van der Waals surface area contributed by atoms with Crippen molar-refractivity contribution in [2.75, 3.05) is 0 Å². The van der Waals surface area contributed by atoms with Crippen molar-refractivity contribution in [3.05, 3.63) is 34.1 Å². The summed E-state index contributed by atoms with van der Waals surface area (Å²) in [6, 6.07) is 4.20. The van der Waals surface area contributed by atoms with Gasteiger partial charge in [-0.25, -0.2) is 4.39 Å². The molecule has 0 fully saturated rings. The monoisotopic (exact) mass is 241 g/mol. The second-order valence-corrected chi connectivity index (χ2v) is 3.10. The summed E-state index contributed by atoms with van der Waals surface area (Å²) in [4.78, 5) is 10.3. The molecule has 0 heterocycles. The Morgan fingerprint density at radius 3 is 2.77 bits per heavy atom. The Kier molecular flexibility index (Phi) is 3.04. The van der Waals surface area contributed by atoms with Gasteiger partial charge in [0.25, 0.3) is 5.91 Å². The lowest BCUT2D eigenvalue weighted by atomic mass is 10.2. The predicted molar refractivity (Wildman–Crippen MR) is 50.2 cm³/mol. The van der Waals surface area contributed by atoms with Gasteiger partial charge in [-0.05, 0) is 40.0 Å². The first-order chi connectivity index (χ1) is 6.09. The van der Waals surface area contributed by atoms with E-state index in [-0.39, 0.29) is 5.82 Å². The molecule has 1 amide bonds. The van der Waals surface area contributed by atoms with Crippen LogP contribution in [0.2, 0.25) is 0 Å². The quantitative estimate of drug-likeness (QED) is 0.687. The second-order valence-electron chi connectivity index (χ2n) is 2.24. The lowest BCUT2D eigenvalue weighted by Gasteiger charge is -1.93. The summed E-state index contributed by atoms with van der Waals surface area (Å²) in [6.07, 6.45) is 0. The van der Waals surface area contributed by atoms with Crippen LogP contribution in [0, 0.1) is 17.7 Å². The molecule has 0 radical (unpaired) electrons. The number of primary amides is 1. The maximum atomic E-state index is 12.7. The van der Waals surface area contributed by atoms with Gasteiger partial charge in [-0.15, -0.1) is 0 Å². The lowest BCUT2D eigenvalue weighted by molar-refractivity contribution is -0.112. The standard InChI is InChI=1S/C9H5BrFNO/c10-7-5-6(1-3-8(7)11)2-4-9(12)13/h1,3,5H,(H2,12,13). The van der Waals surface area contributed by atoms with Crippen LogP contribution in [0.1, 0.15) is 5.56 Å². The first kappa shape index (κ1) is 9.75. The Morgan fingerprint density at radius 1 is 1.54 bits per heavy atom. The van der Waals surface area contributed by atoms with Crippen LogP contribution in [0.15, 0.2) is 22.7 Å². The summed E-state index contributed by atoms with van der Waals surface area (Å²) in [6.45, 7) is 0. The molecule has 0 aliphatic heterocycles. The van der Waals surface area contributed by atoms with Gasteiger partial charge in [-0.1, -0.05) is 5.92 Å². The fourth-order valence-electron chi connectivity index (χ4n) is 0.708. The van der Waals surface area contributed by atoms with Crippen LogP contribution in [0.4, 0.5) is 4.39 Å². The number of halogens is 2. The Bertz CT molecular complexity index is 406. The molecule has 0 saturated carbocycles. The largest absolute Gasteiger partial charge is 0.359 e. The molecule has 0 bridgehead atoms. The molecule has 1 rings (SSSR count). The van der Waals surface area contributed by atoms with E-state index in [4.69, 9.17) is 5.73 Å². The highest BCUT2D eigenvalue weighted by molar-refractivity contribution is 9.10. The number of hydrogen-bond donors (Lipinski definition) is 1. The molecule has 0 unspecified atom stereocenters. The first-order valence-electron chi connectivity index (χ1n) is 3.36. The molecule has 0 saturated heterocycles. The minimum atomic E-state index is -0.708. The fraction of sp³-hybridized carbons (Fsp3) is 0. The highest BCUT2D eigenvalue weighted by atomic mass is 79.9. The summed E-state index contributed by atoms with van der Waals surface area (Å²) < 4.78 is 13.0. The average molecular weight is 242 g/mol. The lowest BCUT2D eigenvalue weighted by Crippen LogP contribution is -2.06. The third kappa shape index (κ3) is 2.88.